The molecule has 0 atom stereocenters. The van der Waals surface area contributed by atoms with Gasteiger partial charge in [0.15, 0.2) is 10.7 Å². The Bertz CT molecular complexity index is 1310. The lowest BCUT2D eigenvalue weighted by molar-refractivity contribution is 0.0977. The molecule has 2 aromatic heterocycles. The van der Waals surface area contributed by atoms with E-state index in [-0.39, 0.29) is 17.1 Å². The zero-order valence-corrected chi connectivity index (χ0v) is 19.7. The average Bonchev–Trinajstić information content (AvgIpc) is 3.17. The van der Waals surface area contributed by atoms with Crippen molar-refractivity contribution in [2.45, 2.75) is 20.0 Å². The molecular formula is C23H19BrN4O3S. The molecule has 32 heavy (non-hydrogen) atoms. The van der Waals surface area contributed by atoms with Gasteiger partial charge in [-0.1, -0.05) is 6.07 Å². The number of hydrogen-bond acceptors (Lipinski definition) is 6. The molecule has 0 saturated heterocycles. The Balaban J connectivity index is 1.45. The van der Waals surface area contributed by atoms with E-state index in [0.29, 0.717) is 34.0 Å². The van der Waals surface area contributed by atoms with E-state index in [1.54, 1.807) is 54.9 Å². The first-order valence-corrected chi connectivity index (χ1v) is 11.0. The van der Waals surface area contributed by atoms with E-state index < -0.39 is 0 Å². The molecule has 0 aliphatic rings. The maximum absolute atomic E-state index is 12.6. The zero-order valence-electron chi connectivity index (χ0n) is 17.3. The monoisotopic (exact) mass is 510 g/mol. The highest BCUT2D eigenvalue weighted by Gasteiger charge is 2.12. The van der Waals surface area contributed by atoms with E-state index in [1.165, 1.54) is 0 Å². The van der Waals surface area contributed by atoms with E-state index in [4.69, 9.17) is 21.4 Å². The van der Waals surface area contributed by atoms with E-state index in [1.807, 2.05) is 19.9 Å². The van der Waals surface area contributed by atoms with Crippen molar-refractivity contribution in [2.75, 3.05) is 5.32 Å². The topological polar surface area (TPSA) is 89.3 Å². The predicted molar refractivity (Wildman–Crippen MR) is 131 cm³/mol. The first kappa shape index (κ1) is 21.9. The maximum atomic E-state index is 12.6. The third-order valence-corrected chi connectivity index (χ3v) is 4.93. The Labute approximate surface area is 198 Å². The fourth-order valence-corrected chi connectivity index (χ4v) is 3.55. The smallest absolute Gasteiger partial charge is 0.257 e. The fourth-order valence-electron chi connectivity index (χ4n) is 2.98. The fraction of sp³-hybridized carbons (Fsp3) is 0.130. The van der Waals surface area contributed by atoms with Crippen LogP contribution in [0.25, 0.3) is 22.6 Å². The number of ether oxygens (including phenoxy) is 1. The molecule has 1 amide bonds. The van der Waals surface area contributed by atoms with Crippen molar-refractivity contribution in [1.82, 2.24) is 15.3 Å². The normalized spacial score (nSPS) is 10.9. The summed E-state index contributed by atoms with van der Waals surface area (Å²) >= 11 is 8.70. The first-order valence-electron chi connectivity index (χ1n) is 9.78. The van der Waals surface area contributed by atoms with Crippen LogP contribution < -0.4 is 15.4 Å². The standard InChI is InChI=1S/C23H19BrN4O3S/c1-13(2)30-18-5-3-4-14(9-18)21(29)28-23(32)26-17-6-7-20-19(10-17)27-22(31-20)15-8-16(24)12-25-11-15/h3-13H,1-2H3,(H2,26,28,29,32). The largest absolute Gasteiger partial charge is 0.491 e. The molecule has 2 N–H and O–H groups in total. The van der Waals surface area contributed by atoms with Crippen molar-refractivity contribution in [3.05, 3.63) is 71.0 Å². The van der Waals surface area contributed by atoms with Gasteiger partial charge in [-0.15, -0.1) is 0 Å². The summed E-state index contributed by atoms with van der Waals surface area (Å²) < 4.78 is 12.3. The SMILES string of the molecule is CC(C)Oc1cccc(C(=O)NC(=S)Nc2ccc3oc(-c4cncc(Br)c4)nc3c2)c1. The van der Waals surface area contributed by atoms with Gasteiger partial charge in [0, 0.05) is 28.1 Å². The molecule has 0 radical (unpaired) electrons. The number of thiocarbonyl (C=S) groups is 1. The van der Waals surface area contributed by atoms with Gasteiger partial charge < -0.3 is 14.5 Å². The molecule has 0 aliphatic carbocycles. The molecule has 0 spiro atoms. The third-order valence-electron chi connectivity index (χ3n) is 4.29. The van der Waals surface area contributed by atoms with Crippen LogP contribution in [0.4, 0.5) is 5.69 Å². The van der Waals surface area contributed by atoms with E-state index >= 15 is 0 Å². The summed E-state index contributed by atoms with van der Waals surface area (Å²) in [5, 5.41) is 5.86. The number of fused-ring (bicyclic) bond motifs is 1. The number of halogens is 1. The molecule has 0 fully saturated rings. The Hall–Kier alpha value is -3.30. The Morgan fingerprint density at radius 1 is 1.16 bits per heavy atom. The molecule has 2 aromatic carbocycles. The minimum Gasteiger partial charge on any atom is -0.491 e. The van der Waals surface area contributed by atoms with Crippen LogP contribution in [0, 0.1) is 0 Å². The van der Waals surface area contributed by atoms with Gasteiger partial charge in [0.2, 0.25) is 5.89 Å². The zero-order chi connectivity index (χ0) is 22.7. The summed E-state index contributed by atoms with van der Waals surface area (Å²) in [6.45, 7) is 3.85. The van der Waals surface area contributed by atoms with Crippen LogP contribution in [0.3, 0.4) is 0 Å². The minimum atomic E-state index is -0.330. The van der Waals surface area contributed by atoms with Crippen molar-refractivity contribution in [1.29, 1.82) is 0 Å². The highest BCUT2D eigenvalue weighted by atomic mass is 79.9. The lowest BCUT2D eigenvalue weighted by Gasteiger charge is -2.12. The van der Waals surface area contributed by atoms with Crippen LogP contribution in [0.5, 0.6) is 5.75 Å². The van der Waals surface area contributed by atoms with E-state index in [2.05, 4.69) is 36.5 Å². The molecular weight excluding hydrogens is 492 g/mol. The quantitative estimate of drug-likeness (QED) is 0.339. The Kier molecular flexibility index (Phi) is 6.48. The van der Waals surface area contributed by atoms with Crippen LogP contribution in [-0.4, -0.2) is 27.1 Å². The van der Waals surface area contributed by atoms with Crippen molar-refractivity contribution in [3.8, 4) is 17.2 Å². The number of benzene rings is 2. The summed E-state index contributed by atoms with van der Waals surface area (Å²) in [6, 6.07) is 14.2. The number of hydrogen-bond donors (Lipinski definition) is 2. The number of carbonyl (C=O) groups excluding carboxylic acids is 1. The number of anilines is 1. The van der Waals surface area contributed by atoms with Gasteiger partial charge in [-0.05, 0) is 84.5 Å². The second-order valence-electron chi connectivity index (χ2n) is 7.20. The van der Waals surface area contributed by atoms with Crippen molar-refractivity contribution >= 4 is 56.0 Å². The van der Waals surface area contributed by atoms with Crippen LogP contribution in [-0.2, 0) is 0 Å². The number of rotatable bonds is 5. The Morgan fingerprint density at radius 3 is 2.78 bits per heavy atom. The number of nitrogens with zero attached hydrogens (tertiary/aromatic N) is 2. The number of oxazole rings is 1. The summed E-state index contributed by atoms with van der Waals surface area (Å²) in [5.74, 6) is 0.758. The number of nitrogens with one attached hydrogen (secondary N) is 2. The van der Waals surface area contributed by atoms with E-state index in [0.717, 1.165) is 10.0 Å². The number of amides is 1. The first-order chi connectivity index (χ1) is 15.4. The summed E-state index contributed by atoms with van der Waals surface area (Å²) in [4.78, 5) is 21.2. The molecule has 4 rings (SSSR count). The molecule has 2 heterocycles. The van der Waals surface area contributed by atoms with Crippen molar-refractivity contribution in [2.24, 2.45) is 0 Å². The molecule has 0 unspecified atom stereocenters. The highest BCUT2D eigenvalue weighted by Crippen LogP contribution is 2.27. The number of pyridine rings is 1. The third kappa shape index (κ3) is 5.30. The number of aromatic nitrogens is 2. The molecule has 4 aromatic rings. The second-order valence-corrected chi connectivity index (χ2v) is 8.52. The van der Waals surface area contributed by atoms with Crippen molar-refractivity contribution in [3.63, 3.8) is 0 Å². The molecule has 0 saturated carbocycles. The van der Waals surface area contributed by atoms with Gasteiger partial charge in [0.25, 0.3) is 5.91 Å². The molecule has 0 aliphatic heterocycles. The molecule has 7 nitrogen and oxygen atoms in total. The second kappa shape index (κ2) is 9.46. The van der Waals surface area contributed by atoms with Gasteiger partial charge >= 0.3 is 0 Å². The highest BCUT2D eigenvalue weighted by molar-refractivity contribution is 9.10. The van der Waals surface area contributed by atoms with Gasteiger partial charge in [0.1, 0.15) is 11.3 Å². The molecule has 9 heteroatoms. The lowest BCUT2D eigenvalue weighted by Crippen LogP contribution is -2.34. The van der Waals surface area contributed by atoms with Crippen molar-refractivity contribution < 1.29 is 13.9 Å². The summed E-state index contributed by atoms with van der Waals surface area (Å²) in [5.41, 5.74) is 3.16. The molecule has 162 valence electrons. The Morgan fingerprint density at radius 2 is 2.00 bits per heavy atom. The summed E-state index contributed by atoms with van der Waals surface area (Å²) in [7, 11) is 0. The van der Waals surface area contributed by atoms with Gasteiger partial charge in [0.05, 0.1) is 11.7 Å². The van der Waals surface area contributed by atoms with E-state index in [9.17, 15) is 4.79 Å². The van der Waals surface area contributed by atoms with Crippen LogP contribution in [0.15, 0.2) is 69.8 Å². The number of carbonyl (C=O) groups is 1. The van der Waals surface area contributed by atoms with Crippen LogP contribution >= 0.6 is 28.1 Å². The molecule has 0 bridgehead atoms. The van der Waals surface area contributed by atoms with Crippen LogP contribution in [0.2, 0.25) is 0 Å². The van der Waals surface area contributed by atoms with Crippen LogP contribution in [0.1, 0.15) is 24.2 Å². The average molecular weight is 511 g/mol. The lowest BCUT2D eigenvalue weighted by atomic mass is 10.2. The van der Waals surface area contributed by atoms with Gasteiger partial charge in [-0.3, -0.25) is 15.1 Å². The summed E-state index contributed by atoms with van der Waals surface area (Å²) in [6.07, 6.45) is 3.39. The predicted octanol–water partition coefficient (Wildman–Crippen LogP) is 5.57. The maximum Gasteiger partial charge on any atom is 0.257 e. The van der Waals surface area contributed by atoms with Gasteiger partial charge in [-0.2, -0.15) is 0 Å². The minimum absolute atomic E-state index is 0.0164. The van der Waals surface area contributed by atoms with Gasteiger partial charge in [-0.25, -0.2) is 4.98 Å².